The molecular weight excluding hydrogens is 418 g/mol. The van der Waals surface area contributed by atoms with E-state index in [1.165, 1.54) is 32.7 Å². The molecule has 4 rings (SSSR count). The summed E-state index contributed by atoms with van der Waals surface area (Å²) in [6.07, 6.45) is 1.67. The highest BCUT2D eigenvalue weighted by Gasteiger charge is 2.28. The zero-order valence-corrected chi connectivity index (χ0v) is 18.6. The SMILES string of the molecule is COc1cc(C(=O)c2c(-c3nccs3)oc3c(C)c(OC)ccc23)cc(OC)c1OC. The Hall–Kier alpha value is -3.52. The van der Waals surface area contributed by atoms with Crippen molar-refractivity contribution in [3.8, 4) is 33.8 Å². The summed E-state index contributed by atoms with van der Waals surface area (Å²) in [5.41, 5.74) is 2.19. The summed E-state index contributed by atoms with van der Waals surface area (Å²) >= 11 is 1.40. The van der Waals surface area contributed by atoms with E-state index in [2.05, 4.69) is 4.98 Å². The van der Waals surface area contributed by atoms with Crippen molar-refractivity contribution in [1.29, 1.82) is 0 Å². The number of carbonyl (C=O) groups excluding carboxylic acids is 1. The molecule has 0 aliphatic heterocycles. The van der Waals surface area contributed by atoms with Gasteiger partial charge in [0, 0.05) is 28.1 Å². The van der Waals surface area contributed by atoms with Gasteiger partial charge in [0.1, 0.15) is 11.3 Å². The first-order chi connectivity index (χ1) is 15.0. The number of aryl methyl sites for hydroxylation is 1. The molecule has 0 fully saturated rings. The number of benzene rings is 2. The Morgan fingerprint density at radius 1 is 0.968 bits per heavy atom. The van der Waals surface area contributed by atoms with E-state index in [9.17, 15) is 4.79 Å². The molecule has 31 heavy (non-hydrogen) atoms. The summed E-state index contributed by atoms with van der Waals surface area (Å²) in [4.78, 5) is 18.1. The maximum absolute atomic E-state index is 13.8. The second-order valence-electron chi connectivity index (χ2n) is 6.66. The molecule has 2 aromatic carbocycles. The van der Waals surface area contributed by atoms with Crippen molar-refractivity contribution in [1.82, 2.24) is 4.98 Å². The third-order valence-corrected chi connectivity index (χ3v) is 5.83. The van der Waals surface area contributed by atoms with Crippen LogP contribution >= 0.6 is 11.3 Å². The van der Waals surface area contributed by atoms with Crippen molar-refractivity contribution in [2.75, 3.05) is 28.4 Å². The zero-order valence-electron chi connectivity index (χ0n) is 17.8. The molecule has 0 unspecified atom stereocenters. The molecule has 160 valence electrons. The monoisotopic (exact) mass is 439 g/mol. The molecule has 2 aromatic heterocycles. The van der Waals surface area contributed by atoms with E-state index in [1.807, 2.05) is 24.4 Å². The molecular formula is C23H21NO6S. The minimum atomic E-state index is -0.243. The molecule has 0 aliphatic rings. The van der Waals surface area contributed by atoms with Gasteiger partial charge in [-0.1, -0.05) is 0 Å². The van der Waals surface area contributed by atoms with Crippen LogP contribution in [0.25, 0.3) is 21.7 Å². The lowest BCUT2D eigenvalue weighted by Crippen LogP contribution is -2.05. The number of furan rings is 1. The van der Waals surface area contributed by atoms with Gasteiger partial charge in [-0.05, 0) is 31.2 Å². The lowest BCUT2D eigenvalue weighted by atomic mass is 9.98. The molecule has 8 heteroatoms. The normalized spacial score (nSPS) is 10.9. The van der Waals surface area contributed by atoms with Gasteiger partial charge in [-0.3, -0.25) is 4.79 Å². The number of carbonyl (C=O) groups is 1. The van der Waals surface area contributed by atoms with E-state index in [0.717, 1.165) is 5.56 Å². The van der Waals surface area contributed by atoms with Gasteiger partial charge < -0.3 is 23.4 Å². The number of ether oxygens (including phenoxy) is 4. The van der Waals surface area contributed by atoms with Crippen LogP contribution in [0.4, 0.5) is 0 Å². The molecule has 0 aliphatic carbocycles. The average Bonchev–Trinajstić information content (AvgIpc) is 3.46. The van der Waals surface area contributed by atoms with E-state index in [0.29, 0.717) is 55.9 Å². The number of methoxy groups -OCH3 is 4. The average molecular weight is 439 g/mol. The largest absolute Gasteiger partial charge is 0.496 e. The van der Waals surface area contributed by atoms with Crippen LogP contribution in [0.2, 0.25) is 0 Å². The van der Waals surface area contributed by atoms with Crippen LogP contribution in [0.5, 0.6) is 23.0 Å². The number of hydrogen-bond donors (Lipinski definition) is 0. The number of nitrogens with zero attached hydrogens (tertiary/aromatic N) is 1. The first kappa shape index (κ1) is 20.7. The number of rotatable bonds is 7. The number of ketones is 1. The lowest BCUT2D eigenvalue weighted by molar-refractivity contribution is 0.103. The molecule has 0 N–H and O–H groups in total. The molecule has 0 spiro atoms. The molecule has 0 radical (unpaired) electrons. The van der Waals surface area contributed by atoms with E-state index in [4.69, 9.17) is 23.4 Å². The van der Waals surface area contributed by atoms with Gasteiger partial charge in [0.25, 0.3) is 0 Å². The quantitative estimate of drug-likeness (QED) is 0.369. The van der Waals surface area contributed by atoms with Crippen LogP contribution in [-0.4, -0.2) is 39.2 Å². The molecule has 7 nitrogen and oxygen atoms in total. The third kappa shape index (κ3) is 3.38. The summed E-state index contributed by atoms with van der Waals surface area (Å²) < 4.78 is 27.8. The Labute approximate surface area is 183 Å². The highest BCUT2D eigenvalue weighted by Crippen LogP contribution is 2.42. The predicted octanol–water partition coefficient (Wildman–Crippen LogP) is 5.13. The van der Waals surface area contributed by atoms with Gasteiger partial charge in [0.15, 0.2) is 28.1 Å². The molecule has 0 bridgehead atoms. The zero-order chi connectivity index (χ0) is 22.1. The van der Waals surface area contributed by atoms with E-state index >= 15 is 0 Å². The van der Waals surface area contributed by atoms with Gasteiger partial charge in [-0.25, -0.2) is 4.98 Å². The summed E-state index contributed by atoms with van der Waals surface area (Å²) in [6, 6.07) is 6.91. The van der Waals surface area contributed by atoms with Crippen LogP contribution in [0, 0.1) is 6.92 Å². The minimum Gasteiger partial charge on any atom is -0.496 e. The Balaban J connectivity index is 1.98. The van der Waals surface area contributed by atoms with Crippen LogP contribution in [0.3, 0.4) is 0 Å². The topological polar surface area (TPSA) is 80.0 Å². The van der Waals surface area contributed by atoms with Crippen LogP contribution in [-0.2, 0) is 0 Å². The maximum Gasteiger partial charge on any atom is 0.203 e. The first-order valence-corrected chi connectivity index (χ1v) is 10.3. The van der Waals surface area contributed by atoms with Crippen LogP contribution in [0.1, 0.15) is 21.5 Å². The van der Waals surface area contributed by atoms with Gasteiger partial charge in [0.2, 0.25) is 5.75 Å². The van der Waals surface area contributed by atoms with Crippen molar-refractivity contribution in [2.45, 2.75) is 6.92 Å². The van der Waals surface area contributed by atoms with Gasteiger partial charge in [0.05, 0.1) is 34.0 Å². The summed E-state index contributed by atoms with van der Waals surface area (Å²) in [5.74, 6) is 2.06. The van der Waals surface area contributed by atoms with Gasteiger partial charge in [-0.2, -0.15) is 0 Å². The first-order valence-electron chi connectivity index (χ1n) is 9.38. The summed E-state index contributed by atoms with van der Waals surface area (Å²) in [6.45, 7) is 1.89. The summed E-state index contributed by atoms with van der Waals surface area (Å²) in [5, 5.41) is 3.14. The van der Waals surface area contributed by atoms with E-state index in [-0.39, 0.29) is 5.78 Å². The van der Waals surface area contributed by atoms with Crippen LogP contribution in [0.15, 0.2) is 40.3 Å². The Kier molecular flexibility index (Phi) is 5.56. The van der Waals surface area contributed by atoms with Gasteiger partial charge >= 0.3 is 0 Å². The van der Waals surface area contributed by atoms with Crippen molar-refractivity contribution in [3.05, 3.63) is 52.5 Å². The standard InChI is InChI=1S/C23H21NO6S/c1-12-15(26-2)7-6-14-18(22(30-20(12)14)23-24-8-9-31-23)19(25)13-10-16(27-3)21(29-5)17(11-13)28-4/h6-11H,1-5H3. The van der Waals surface area contributed by atoms with Crippen LogP contribution < -0.4 is 18.9 Å². The third-order valence-electron chi connectivity index (χ3n) is 5.06. The number of fused-ring (bicyclic) bond motifs is 1. The van der Waals surface area contributed by atoms with Crippen molar-refractivity contribution >= 4 is 28.1 Å². The highest BCUT2D eigenvalue weighted by molar-refractivity contribution is 7.13. The fourth-order valence-corrected chi connectivity index (χ4v) is 4.19. The highest BCUT2D eigenvalue weighted by atomic mass is 32.1. The minimum absolute atomic E-state index is 0.243. The number of thiazole rings is 1. The fourth-order valence-electron chi connectivity index (χ4n) is 3.57. The summed E-state index contributed by atoms with van der Waals surface area (Å²) in [7, 11) is 6.13. The molecule has 4 aromatic rings. The molecule has 2 heterocycles. The van der Waals surface area contributed by atoms with Crippen molar-refractivity contribution in [2.24, 2.45) is 0 Å². The Bertz CT molecular complexity index is 1230. The van der Waals surface area contributed by atoms with Gasteiger partial charge in [-0.15, -0.1) is 11.3 Å². The van der Waals surface area contributed by atoms with E-state index in [1.54, 1.807) is 25.4 Å². The predicted molar refractivity (Wildman–Crippen MR) is 118 cm³/mol. The number of aromatic nitrogens is 1. The molecule has 0 atom stereocenters. The molecule has 0 saturated carbocycles. The Morgan fingerprint density at radius 2 is 1.65 bits per heavy atom. The van der Waals surface area contributed by atoms with E-state index < -0.39 is 0 Å². The van der Waals surface area contributed by atoms with Crippen molar-refractivity contribution in [3.63, 3.8) is 0 Å². The second kappa shape index (κ2) is 8.31. The maximum atomic E-state index is 13.8. The Morgan fingerprint density at radius 3 is 2.19 bits per heavy atom. The second-order valence-corrected chi connectivity index (χ2v) is 7.55. The smallest absolute Gasteiger partial charge is 0.203 e. The molecule has 0 amide bonds. The van der Waals surface area contributed by atoms with Crippen molar-refractivity contribution < 1.29 is 28.2 Å². The fraction of sp³-hybridized carbons (Fsp3) is 0.217. The lowest BCUT2D eigenvalue weighted by Gasteiger charge is -2.13. The molecule has 0 saturated heterocycles. The number of hydrogen-bond acceptors (Lipinski definition) is 8.